The fourth-order valence-electron chi connectivity index (χ4n) is 3.00. The molecular formula is C16H19F3N2O2. The van der Waals surface area contributed by atoms with Crippen molar-refractivity contribution in [2.45, 2.75) is 32.0 Å². The van der Waals surface area contributed by atoms with Crippen LogP contribution in [0, 0.1) is 22.7 Å². The van der Waals surface area contributed by atoms with Gasteiger partial charge in [-0.3, -0.25) is 0 Å². The van der Waals surface area contributed by atoms with Crippen LogP contribution >= 0.6 is 0 Å². The molecule has 0 aromatic carbocycles. The topological polar surface area (TPSA) is 45.5 Å². The van der Waals surface area contributed by atoms with Gasteiger partial charge in [-0.25, -0.2) is 0 Å². The Labute approximate surface area is 133 Å². The first-order valence-electron chi connectivity index (χ1n) is 7.67. The normalized spacial score (nSPS) is 24.9. The predicted molar refractivity (Wildman–Crippen MR) is 75.9 cm³/mol. The zero-order chi connectivity index (χ0) is 16.7. The quantitative estimate of drug-likeness (QED) is 0.778. The molecule has 0 spiro atoms. The van der Waals surface area contributed by atoms with E-state index >= 15 is 0 Å². The van der Waals surface area contributed by atoms with Gasteiger partial charge in [-0.05, 0) is 24.8 Å². The van der Waals surface area contributed by atoms with Crippen molar-refractivity contribution in [2.24, 2.45) is 11.3 Å². The Kier molecular flexibility index (Phi) is 4.05. The van der Waals surface area contributed by atoms with Gasteiger partial charge in [0.25, 0.3) is 0 Å². The highest BCUT2D eigenvalue weighted by Gasteiger charge is 2.45. The van der Waals surface area contributed by atoms with Gasteiger partial charge in [-0.2, -0.15) is 18.4 Å². The van der Waals surface area contributed by atoms with E-state index in [9.17, 15) is 18.4 Å². The summed E-state index contributed by atoms with van der Waals surface area (Å²) in [6, 6.07) is 1.96. The Balaban J connectivity index is 1.74. The van der Waals surface area contributed by atoms with E-state index in [0.29, 0.717) is 25.5 Å². The average Bonchev–Trinajstić information content (AvgIpc) is 3.28. The Morgan fingerprint density at radius 3 is 2.65 bits per heavy atom. The molecule has 1 unspecified atom stereocenters. The summed E-state index contributed by atoms with van der Waals surface area (Å²) in [5, 5.41) is 9.52. The molecule has 0 amide bonds. The highest BCUT2D eigenvalue weighted by molar-refractivity contribution is 5.35. The second-order valence-electron chi connectivity index (χ2n) is 6.71. The van der Waals surface area contributed by atoms with E-state index < -0.39 is 12.8 Å². The largest absolute Gasteiger partial charge is 0.484 e. The summed E-state index contributed by atoms with van der Waals surface area (Å²) < 4.78 is 47.4. The van der Waals surface area contributed by atoms with Crippen LogP contribution in [0.25, 0.3) is 0 Å². The molecule has 0 aromatic heterocycles. The fraction of sp³-hybridized carbons (Fsp3) is 0.688. The maximum Gasteiger partial charge on any atom is 0.422 e. The van der Waals surface area contributed by atoms with Crippen LogP contribution in [0.1, 0.15) is 19.8 Å². The van der Waals surface area contributed by atoms with Crippen LogP contribution in [0.15, 0.2) is 23.6 Å². The minimum Gasteiger partial charge on any atom is -0.484 e. The van der Waals surface area contributed by atoms with Gasteiger partial charge < -0.3 is 14.4 Å². The zero-order valence-corrected chi connectivity index (χ0v) is 12.9. The van der Waals surface area contributed by atoms with Crippen LogP contribution < -0.4 is 0 Å². The summed E-state index contributed by atoms with van der Waals surface area (Å²) in [6.07, 6.45) is 1.03. The van der Waals surface area contributed by atoms with E-state index in [4.69, 9.17) is 9.47 Å². The fourth-order valence-corrected chi connectivity index (χ4v) is 3.00. The van der Waals surface area contributed by atoms with Crippen molar-refractivity contribution in [2.75, 3.05) is 26.4 Å². The number of hydrogen-bond acceptors (Lipinski definition) is 4. The minimum absolute atomic E-state index is 0.238. The SMILES string of the molecule is CC1(C(C#N)N2C=C(C3CC3)C(OCC(F)(F)F)=CC2)COC1. The van der Waals surface area contributed by atoms with Gasteiger partial charge in [0.15, 0.2) is 6.61 Å². The molecule has 0 radical (unpaired) electrons. The number of rotatable bonds is 5. The molecule has 1 saturated carbocycles. The van der Waals surface area contributed by atoms with Crippen molar-refractivity contribution in [3.63, 3.8) is 0 Å². The van der Waals surface area contributed by atoms with Crippen LogP contribution in [0.4, 0.5) is 13.2 Å². The molecule has 2 heterocycles. The number of alkyl halides is 3. The number of nitriles is 1. The van der Waals surface area contributed by atoms with Gasteiger partial charge in [-0.1, -0.05) is 6.92 Å². The molecule has 0 N–H and O–H groups in total. The summed E-state index contributed by atoms with van der Waals surface area (Å²) in [5.74, 6) is 0.551. The van der Waals surface area contributed by atoms with Gasteiger partial charge in [0.2, 0.25) is 0 Å². The summed E-state index contributed by atoms with van der Waals surface area (Å²) in [4.78, 5) is 1.90. The number of nitrogens with zero attached hydrogens (tertiary/aromatic N) is 2. The zero-order valence-electron chi connectivity index (χ0n) is 12.9. The van der Waals surface area contributed by atoms with Crippen LogP contribution in [0.5, 0.6) is 0 Å². The molecule has 3 aliphatic rings. The Morgan fingerprint density at radius 2 is 2.17 bits per heavy atom. The van der Waals surface area contributed by atoms with Crippen molar-refractivity contribution in [1.82, 2.24) is 4.90 Å². The molecule has 23 heavy (non-hydrogen) atoms. The van der Waals surface area contributed by atoms with E-state index in [2.05, 4.69) is 6.07 Å². The van der Waals surface area contributed by atoms with E-state index in [0.717, 1.165) is 18.4 Å². The molecule has 0 bridgehead atoms. The van der Waals surface area contributed by atoms with Gasteiger partial charge in [0, 0.05) is 23.7 Å². The lowest BCUT2D eigenvalue weighted by Crippen LogP contribution is -2.55. The lowest BCUT2D eigenvalue weighted by molar-refractivity contribution is -0.164. The summed E-state index contributed by atoms with van der Waals surface area (Å²) >= 11 is 0. The summed E-state index contributed by atoms with van der Waals surface area (Å²) in [7, 11) is 0. The number of ether oxygens (including phenoxy) is 2. The average molecular weight is 328 g/mol. The molecule has 3 rings (SSSR count). The maximum absolute atomic E-state index is 12.4. The van der Waals surface area contributed by atoms with Crippen LogP contribution in [-0.2, 0) is 9.47 Å². The van der Waals surface area contributed by atoms with E-state index in [1.165, 1.54) is 0 Å². The van der Waals surface area contributed by atoms with Crippen molar-refractivity contribution < 1.29 is 22.6 Å². The number of allylic oxidation sites excluding steroid dienone is 1. The number of hydrogen-bond donors (Lipinski definition) is 0. The Hall–Kier alpha value is -1.68. The third kappa shape index (κ3) is 3.47. The maximum atomic E-state index is 12.4. The molecule has 2 aliphatic heterocycles. The molecular weight excluding hydrogens is 309 g/mol. The molecule has 1 atom stereocenters. The van der Waals surface area contributed by atoms with Gasteiger partial charge in [0.05, 0.1) is 19.3 Å². The molecule has 2 fully saturated rings. The first kappa shape index (κ1) is 16.2. The van der Waals surface area contributed by atoms with Gasteiger partial charge in [-0.15, -0.1) is 0 Å². The molecule has 126 valence electrons. The molecule has 0 aromatic rings. The third-order valence-electron chi connectivity index (χ3n) is 4.46. The summed E-state index contributed by atoms with van der Waals surface area (Å²) in [5.41, 5.74) is 0.544. The van der Waals surface area contributed by atoms with E-state index in [-0.39, 0.29) is 17.4 Å². The Morgan fingerprint density at radius 1 is 1.48 bits per heavy atom. The lowest BCUT2D eigenvalue weighted by atomic mass is 9.80. The van der Waals surface area contributed by atoms with Gasteiger partial charge >= 0.3 is 6.18 Å². The molecule has 7 heteroatoms. The molecule has 1 saturated heterocycles. The Bertz CT molecular complexity index is 569. The monoisotopic (exact) mass is 328 g/mol. The highest BCUT2D eigenvalue weighted by Crippen LogP contribution is 2.43. The summed E-state index contributed by atoms with van der Waals surface area (Å²) in [6.45, 7) is 2.13. The minimum atomic E-state index is -4.35. The van der Waals surface area contributed by atoms with Crippen molar-refractivity contribution in [3.05, 3.63) is 23.6 Å². The van der Waals surface area contributed by atoms with Crippen LogP contribution in [0.3, 0.4) is 0 Å². The van der Waals surface area contributed by atoms with Crippen molar-refractivity contribution in [3.8, 4) is 6.07 Å². The van der Waals surface area contributed by atoms with Gasteiger partial charge in [0.1, 0.15) is 11.8 Å². The van der Waals surface area contributed by atoms with Crippen LogP contribution in [0.2, 0.25) is 0 Å². The smallest absolute Gasteiger partial charge is 0.422 e. The molecule has 4 nitrogen and oxygen atoms in total. The highest BCUT2D eigenvalue weighted by atomic mass is 19.4. The first-order chi connectivity index (χ1) is 10.8. The standard InChI is InChI=1S/C16H19F3N2O2/c1-15(8-22-9-15)14(6-20)21-5-4-13(23-10-16(17,18)19)12(7-21)11-2-3-11/h4,7,11,14H,2-3,5,8-10H2,1H3. The van der Waals surface area contributed by atoms with Crippen molar-refractivity contribution in [1.29, 1.82) is 5.26 Å². The third-order valence-corrected chi connectivity index (χ3v) is 4.46. The van der Waals surface area contributed by atoms with Crippen molar-refractivity contribution >= 4 is 0 Å². The lowest BCUT2D eigenvalue weighted by Gasteiger charge is -2.46. The second kappa shape index (κ2) is 5.75. The second-order valence-corrected chi connectivity index (χ2v) is 6.71. The van der Waals surface area contributed by atoms with E-state index in [1.54, 1.807) is 6.08 Å². The first-order valence-corrected chi connectivity index (χ1v) is 7.67. The predicted octanol–water partition coefficient (Wildman–Crippen LogP) is 2.99. The number of halogens is 3. The van der Waals surface area contributed by atoms with Crippen LogP contribution in [-0.4, -0.2) is 43.5 Å². The molecule has 1 aliphatic carbocycles. The van der Waals surface area contributed by atoms with E-state index in [1.807, 2.05) is 18.0 Å².